The van der Waals surface area contributed by atoms with Gasteiger partial charge >= 0.3 is 6.03 Å². The Morgan fingerprint density at radius 3 is 2.81 bits per heavy atom. The van der Waals surface area contributed by atoms with Crippen molar-refractivity contribution >= 4 is 17.9 Å². The second kappa shape index (κ2) is 11.5. The van der Waals surface area contributed by atoms with E-state index in [1.807, 2.05) is 36.9 Å². The summed E-state index contributed by atoms with van der Waals surface area (Å²) in [5.74, 6) is 1.89. The van der Waals surface area contributed by atoms with Crippen molar-refractivity contribution < 1.29 is 19.0 Å². The van der Waals surface area contributed by atoms with Gasteiger partial charge < -0.3 is 19.1 Å². The summed E-state index contributed by atoms with van der Waals surface area (Å²) in [5.41, 5.74) is 2.42. The number of nitrogens with one attached hydrogen (secondary N) is 1. The molecule has 0 saturated carbocycles. The molecule has 2 aromatic rings. The van der Waals surface area contributed by atoms with Crippen LogP contribution in [0.2, 0.25) is 0 Å². The molecule has 0 radical (unpaired) electrons. The van der Waals surface area contributed by atoms with Crippen LogP contribution in [0, 0.1) is 5.92 Å². The lowest BCUT2D eigenvalue weighted by Gasteiger charge is -2.33. The average molecular weight is 441 g/mol. The van der Waals surface area contributed by atoms with E-state index in [0.29, 0.717) is 38.0 Å². The number of hydrogen-bond donors (Lipinski definition) is 1. The van der Waals surface area contributed by atoms with Gasteiger partial charge in [-0.25, -0.2) is 14.8 Å². The van der Waals surface area contributed by atoms with Crippen LogP contribution in [0.5, 0.6) is 11.6 Å². The predicted molar refractivity (Wildman–Crippen MR) is 124 cm³/mol. The standard InChI is InChI=1S/C24H32N4O4/c1-17(2)31-10-11-32-21-7-5-6-19(13-21)12-20-8-9-28(16-18(20)3)24(29)27-22-14-26-23(30-4)15-25-22/h5-7,12-15,17-18H,8-11,16H2,1-4H3,(H,25,27,29). The molecule has 1 aromatic heterocycles. The number of carbonyl (C=O) groups excluding carboxylic acids is 1. The lowest BCUT2D eigenvalue weighted by atomic mass is 9.91. The van der Waals surface area contributed by atoms with E-state index in [9.17, 15) is 4.79 Å². The van der Waals surface area contributed by atoms with Gasteiger partial charge in [0, 0.05) is 13.1 Å². The molecule has 172 valence electrons. The van der Waals surface area contributed by atoms with E-state index in [-0.39, 0.29) is 18.1 Å². The first kappa shape index (κ1) is 23.5. The summed E-state index contributed by atoms with van der Waals surface area (Å²) in [6.45, 7) is 8.55. The molecule has 2 amide bonds. The quantitative estimate of drug-likeness (QED) is 0.618. The van der Waals surface area contributed by atoms with Gasteiger partial charge in [-0.2, -0.15) is 0 Å². The highest BCUT2D eigenvalue weighted by Gasteiger charge is 2.24. The van der Waals surface area contributed by atoms with Gasteiger partial charge in [0.15, 0.2) is 5.82 Å². The van der Waals surface area contributed by atoms with Gasteiger partial charge in [-0.05, 0) is 43.9 Å². The summed E-state index contributed by atoms with van der Waals surface area (Å²) in [6, 6.07) is 7.88. The molecule has 2 heterocycles. The zero-order valence-electron chi connectivity index (χ0n) is 19.2. The van der Waals surface area contributed by atoms with E-state index in [1.54, 1.807) is 0 Å². The third-order valence-corrected chi connectivity index (χ3v) is 5.17. The Bertz CT molecular complexity index is 914. The number of piperidine rings is 1. The van der Waals surface area contributed by atoms with Gasteiger partial charge in [0.1, 0.15) is 12.4 Å². The zero-order valence-corrected chi connectivity index (χ0v) is 19.2. The van der Waals surface area contributed by atoms with Crippen LogP contribution in [0.3, 0.4) is 0 Å². The number of rotatable bonds is 8. The number of aromatic nitrogens is 2. The smallest absolute Gasteiger partial charge is 0.323 e. The molecule has 1 aliphatic rings. The number of urea groups is 1. The molecule has 1 atom stereocenters. The molecule has 8 nitrogen and oxygen atoms in total. The lowest BCUT2D eigenvalue weighted by Crippen LogP contribution is -2.42. The number of carbonyl (C=O) groups is 1. The summed E-state index contributed by atoms with van der Waals surface area (Å²) < 4.78 is 16.3. The van der Waals surface area contributed by atoms with E-state index in [0.717, 1.165) is 17.7 Å². The van der Waals surface area contributed by atoms with Gasteiger partial charge in [0.2, 0.25) is 5.88 Å². The number of nitrogens with zero attached hydrogens (tertiary/aromatic N) is 3. The normalized spacial score (nSPS) is 17.5. The van der Waals surface area contributed by atoms with E-state index in [2.05, 4.69) is 34.4 Å². The Kier molecular flexibility index (Phi) is 8.44. The maximum atomic E-state index is 12.6. The van der Waals surface area contributed by atoms with Crippen LogP contribution in [0.15, 0.2) is 42.2 Å². The van der Waals surface area contributed by atoms with Crippen molar-refractivity contribution in [2.24, 2.45) is 5.92 Å². The minimum Gasteiger partial charge on any atom is -0.491 e. The van der Waals surface area contributed by atoms with Gasteiger partial charge in [0.25, 0.3) is 0 Å². The Morgan fingerprint density at radius 2 is 2.12 bits per heavy atom. The summed E-state index contributed by atoms with van der Waals surface area (Å²) in [4.78, 5) is 22.6. The van der Waals surface area contributed by atoms with Crippen molar-refractivity contribution in [3.05, 3.63) is 47.8 Å². The fraction of sp³-hybridized carbons (Fsp3) is 0.458. The second-order valence-corrected chi connectivity index (χ2v) is 8.03. The largest absolute Gasteiger partial charge is 0.491 e. The Hall–Kier alpha value is -3.13. The number of likely N-dealkylation sites (tertiary alicyclic amines) is 1. The number of hydrogen-bond acceptors (Lipinski definition) is 6. The van der Waals surface area contributed by atoms with Crippen LogP contribution in [0.1, 0.15) is 32.8 Å². The highest BCUT2D eigenvalue weighted by atomic mass is 16.5. The van der Waals surface area contributed by atoms with Gasteiger partial charge in [0.05, 0.1) is 32.2 Å². The molecule has 3 rings (SSSR count). The molecule has 8 heteroatoms. The van der Waals surface area contributed by atoms with Crippen LogP contribution >= 0.6 is 0 Å². The molecular formula is C24H32N4O4. The van der Waals surface area contributed by atoms with E-state index in [1.165, 1.54) is 25.1 Å². The van der Waals surface area contributed by atoms with Crippen LogP contribution in [-0.2, 0) is 4.74 Å². The number of amides is 2. The van der Waals surface area contributed by atoms with Crippen LogP contribution in [0.4, 0.5) is 10.6 Å². The zero-order chi connectivity index (χ0) is 22.9. The van der Waals surface area contributed by atoms with Crippen molar-refractivity contribution in [1.82, 2.24) is 14.9 Å². The van der Waals surface area contributed by atoms with Crippen molar-refractivity contribution in [3.8, 4) is 11.6 Å². The van der Waals surface area contributed by atoms with Gasteiger partial charge in [-0.15, -0.1) is 0 Å². The summed E-state index contributed by atoms with van der Waals surface area (Å²) in [7, 11) is 1.52. The molecule has 1 aromatic carbocycles. The molecule has 0 spiro atoms. The number of methoxy groups -OCH3 is 1. The Balaban J connectivity index is 1.54. The maximum absolute atomic E-state index is 12.6. The molecule has 1 N–H and O–H groups in total. The Labute approximate surface area is 189 Å². The summed E-state index contributed by atoms with van der Waals surface area (Å²) in [5, 5.41) is 2.80. The topological polar surface area (TPSA) is 85.8 Å². The molecule has 0 aliphatic carbocycles. The van der Waals surface area contributed by atoms with Crippen LogP contribution < -0.4 is 14.8 Å². The van der Waals surface area contributed by atoms with E-state index in [4.69, 9.17) is 14.2 Å². The minimum absolute atomic E-state index is 0.172. The van der Waals surface area contributed by atoms with Crippen LogP contribution in [-0.4, -0.2) is 60.4 Å². The van der Waals surface area contributed by atoms with Crippen molar-refractivity contribution in [2.75, 3.05) is 38.7 Å². The first-order valence-corrected chi connectivity index (χ1v) is 10.9. The van der Waals surface area contributed by atoms with Crippen molar-refractivity contribution in [1.29, 1.82) is 0 Å². The third kappa shape index (κ3) is 6.95. The molecule has 1 saturated heterocycles. The van der Waals surface area contributed by atoms with Crippen molar-refractivity contribution in [2.45, 2.75) is 33.3 Å². The van der Waals surface area contributed by atoms with Crippen LogP contribution in [0.25, 0.3) is 6.08 Å². The summed E-state index contributed by atoms with van der Waals surface area (Å²) >= 11 is 0. The van der Waals surface area contributed by atoms with Gasteiger partial charge in [-0.1, -0.05) is 30.7 Å². The Morgan fingerprint density at radius 1 is 1.28 bits per heavy atom. The molecular weight excluding hydrogens is 408 g/mol. The molecule has 1 fully saturated rings. The highest BCUT2D eigenvalue weighted by molar-refractivity contribution is 5.88. The van der Waals surface area contributed by atoms with E-state index >= 15 is 0 Å². The van der Waals surface area contributed by atoms with E-state index < -0.39 is 0 Å². The monoisotopic (exact) mass is 440 g/mol. The number of benzene rings is 1. The molecule has 0 bridgehead atoms. The van der Waals surface area contributed by atoms with Crippen molar-refractivity contribution in [3.63, 3.8) is 0 Å². The second-order valence-electron chi connectivity index (χ2n) is 8.03. The first-order chi connectivity index (χ1) is 15.4. The summed E-state index contributed by atoms with van der Waals surface area (Å²) in [6.07, 6.45) is 6.18. The third-order valence-electron chi connectivity index (χ3n) is 5.17. The minimum atomic E-state index is -0.172. The average Bonchev–Trinajstić information content (AvgIpc) is 2.79. The molecule has 32 heavy (non-hydrogen) atoms. The maximum Gasteiger partial charge on any atom is 0.323 e. The predicted octanol–water partition coefficient (Wildman–Crippen LogP) is 4.25. The number of ether oxygens (including phenoxy) is 3. The fourth-order valence-electron chi connectivity index (χ4n) is 3.47. The fourth-order valence-corrected chi connectivity index (χ4v) is 3.47. The SMILES string of the molecule is COc1cnc(NC(=O)N2CCC(=Cc3cccc(OCCOC(C)C)c3)C(C)C2)cn1. The first-order valence-electron chi connectivity index (χ1n) is 10.9. The molecule has 1 unspecified atom stereocenters. The highest BCUT2D eigenvalue weighted by Crippen LogP contribution is 2.26. The lowest BCUT2D eigenvalue weighted by molar-refractivity contribution is 0.0552. The number of anilines is 1. The molecule has 1 aliphatic heterocycles. The van der Waals surface area contributed by atoms with Gasteiger partial charge in [-0.3, -0.25) is 5.32 Å².